The maximum atomic E-state index is 12.4. The van der Waals surface area contributed by atoms with E-state index in [9.17, 15) is 9.59 Å². The molecule has 1 unspecified atom stereocenters. The van der Waals surface area contributed by atoms with E-state index in [1.807, 2.05) is 18.2 Å². The van der Waals surface area contributed by atoms with Crippen molar-refractivity contribution >= 4 is 29.4 Å². The van der Waals surface area contributed by atoms with Gasteiger partial charge in [-0.25, -0.2) is 19.1 Å². The quantitative estimate of drug-likeness (QED) is 0.682. The zero-order valence-electron chi connectivity index (χ0n) is 13.7. The third-order valence-electron chi connectivity index (χ3n) is 3.68. The summed E-state index contributed by atoms with van der Waals surface area (Å²) in [5, 5.41) is 20.3. The predicted molar refractivity (Wildman–Crippen MR) is 93.1 cm³/mol. The number of benzene rings is 1. The van der Waals surface area contributed by atoms with Crippen molar-refractivity contribution in [3.63, 3.8) is 0 Å². The Morgan fingerprint density at radius 1 is 1.31 bits per heavy atom. The lowest BCUT2D eigenvalue weighted by Crippen LogP contribution is -2.24. The number of carboxylic acids is 1. The van der Waals surface area contributed by atoms with Crippen LogP contribution in [-0.4, -0.2) is 41.5 Å². The SMILES string of the molecule is CC(C(=O)O)n1nccc1C(=O)Nc1ncn(Cc2ccccc2Cl)n1. The van der Waals surface area contributed by atoms with Crippen LogP contribution >= 0.6 is 11.6 Å². The van der Waals surface area contributed by atoms with Gasteiger partial charge >= 0.3 is 5.97 Å². The van der Waals surface area contributed by atoms with E-state index in [1.54, 1.807) is 6.07 Å². The van der Waals surface area contributed by atoms with Crippen molar-refractivity contribution in [2.24, 2.45) is 0 Å². The number of carboxylic acid groups (broad SMARTS) is 1. The first-order chi connectivity index (χ1) is 12.5. The summed E-state index contributed by atoms with van der Waals surface area (Å²) in [7, 11) is 0. The zero-order valence-corrected chi connectivity index (χ0v) is 14.5. The molecule has 0 saturated carbocycles. The van der Waals surface area contributed by atoms with Gasteiger partial charge in [0.1, 0.15) is 18.1 Å². The van der Waals surface area contributed by atoms with Gasteiger partial charge in [0.05, 0.1) is 6.54 Å². The van der Waals surface area contributed by atoms with Crippen LogP contribution in [0.3, 0.4) is 0 Å². The zero-order chi connectivity index (χ0) is 18.7. The van der Waals surface area contributed by atoms with Gasteiger partial charge in [0.2, 0.25) is 5.95 Å². The smallest absolute Gasteiger partial charge is 0.328 e. The van der Waals surface area contributed by atoms with E-state index >= 15 is 0 Å². The molecule has 134 valence electrons. The molecule has 0 radical (unpaired) electrons. The molecule has 9 nitrogen and oxygen atoms in total. The molecule has 10 heteroatoms. The number of amides is 1. The molecule has 0 aliphatic heterocycles. The summed E-state index contributed by atoms with van der Waals surface area (Å²) in [4.78, 5) is 27.5. The molecule has 0 aliphatic rings. The van der Waals surface area contributed by atoms with Crippen LogP contribution in [0.1, 0.15) is 29.0 Å². The van der Waals surface area contributed by atoms with Gasteiger partial charge < -0.3 is 5.11 Å². The summed E-state index contributed by atoms with van der Waals surface area (Å²) in [5.74, 6) is -1.55. The van der Waals surface area contributed by atoms with Gasteiger partial charge in [-0.3, -0.25) is 10.1 Å². The number of hydrogen-bond donors (Lipinski definition) is 2. The number of hydrogen-bond acceptors (Lipinski definition) is 5. The standard InChI is InChI=1S/C16H15ClN6O3/c1-10(15(25)26)23-13(6-7-19-23)14(24)20-16-18-9-22(21-16)8-11-4-2-3-5-12(11)17/h2-7,9-10H,8H2,1H3,(H,25,26)(H,20,21,24). The van der Waals surface area contributed by atoms with Crippen molar-refractivity contribution in [2.45, 2.75) is 19.5 Å². The van der Waals surface area contributed by atoms with Crippen molar-refractivity contribution in [2.75, 3.05) is 5.32 Å². The Morgan fingerprint density at radius 2 is 2.08 bits per heavy atom. The van der Waals surface area contributed by atoms with Gasteiger partial charge in [0, 0.05) is 11.2 Å². The molecule has 1 amide bonds. The van der Waals surface area contributed by atoms with Crippen LogP contribution in [0, 0.1) is 0 Å². The molecule has 1 atom stereocenters. The molecule has 0 fully saturated rings. The van der Waals surface area contributed by atoms with Crippen LogP contribution in [0.15, 0.2) is 42.9 Å². The number of carbonyl (C=O) groups is 2. The number of carbonyl (C=O) groups excluding carboxylic acids is 1. The Balaban J connectivity index is 1.72. The molecule has 26 heavy (non-hydrogen) atoms. The second-order valence-corrected chi connectivity index (χ2v) is 5.89. The van der Waals surface area contributed by atoms with Gasteiger partial charge in [-0.1, -0.05) is 29.8 Å². The number of rotatable bonds is 6. The highest BCUT2D eigenvalue weighted by Gasteiger charge is 2.21. The Kier molecular flexibility index (Phi) is 4.99. The second-order valence-electron chi connectivity index (χ2n) is 5.49. The predicted octanol–water partition coefficient (Wildman–Crippen LogP) is 2.07. The Morgan fingerprint density at radius 3 is 2.81 bits per heavy atom. The molecular weight excluding hydrogens is 360 g/mol. The molecule has 0 saturated heterocycles. The first kappa shape index (κ1) is 17.6. The normalized spacial score (nSPS) is 11.9. The average Bonchev–Trinajstić information content (AvgIpc) is 3.25. The number of halogens is 1. The topological polar surface area (TPSA) is 115 Å². The lowest BCUT2D eigenvalue weighted by molar-refractivity contribution is -0.140. The fourth-order valence-electron chi connectivity index (χ4n) is 2.30. The van der Waals surface area contributed by atoms with Gasteiger partial charge in [-0.15, -0.1) is 5.10 Å². The van der Waals surface area contributed by atoms with Gasteiger partial charge in [-0.2, -0.15) is 5.10 Å². The van der Waals surface area contributed by atoms with Gasteiger partial charge in [0.25, 0.3) is 5.91 Å². The molecule has 0 bridgehead atoms. The van der Waals surface area contributed by atoms with E-state index in [0.29, 0.717) is 11.6 Å². The molecule has 0 aliphatic carbocycles. The summed E-state index contributed by atoms with van der Waals surface area (Å²) >= 11 is 6.12. The minimum Gasteiger partial charge on any atom is -0.480 e. The summed E-state index contributed by atoms with van der Waals surface area (Å²) in [6.07, 6.45) is 2.83. The van der Waals surface area contributed by atoms with Crippen LogP contribution in [0.2, 0.25) is 5.02 Å². The van der Waals surface area contributed by atoms with Crippen LogP contribution in [0.25, 0.3) is 0 Å². The molecule has 2 heterocycles. The van der Waals surface area contributed by atoms with E-state index in [2.05, 4.69) is 20.5 Å². The highest BCUT2D eigenvalue weighted by atomic mass is 35.5. The average molecular weight is 375 g/mol. The summed E-state index contributed by atoms with van der Waals surface area (Å²) in [5.41, 5.74) is 0.965. The Labute approximate surface area is 153 Å². The van der Waals surface area contributed by atoms with Crippen molar-refractivity contribution in [3.05, 3.63) is 59.1 Å². The first-order valence-electron chi connectivity index (χ1n) is 7.66. The minimum atomic E-state index is -1.09. The third-order valence-corrected chi connectivity index (χ3v) is 4.05. The number of nitrogens with zero attached hydrogens (tertiary/aromatic N) is 5. The maximum absolute atomic E-state index is 12.4. The minimum absolute atomic E-state index is 0.0952. The molecule has 1 aromatic carbocycles. The maximum Gasteiger partial charge on any atom is 0.328 e. The van der Waals surface area contributed by atoms with E-state index in [0.717, 1.165) is 10.2 Å². The van der Waals surface area contributed by atoms with Gasteiger partial charge in [0.15, 0.2) is 0 Å². The van der Waals surface area contributed by atoms with Crippen molar-refractivity contribution in [1.82, 2.24) is 24.5 Å². The monoisotopic (exact) mass is 374 g/mol. The number of aromatic nitrogens is 5. The van der Waals surface area contributed by atoms with E-state index in [-0.39, 0.29) is 11.6 Å². The van der Waals surface area contributed by atoms with Crippen LogP contribution in [0.5, 0.6) is 0 Å². The lowest BCUT2D eigenvalue weighted by Gasteiger charge is -2.10. The fraction of sp³-hybridized carbons (Fsp3) is 0.188. The lowest BCUT2D eigenvalue weighted by atomic mass is 10.2. The second kappa shape index (κ2) is 7.36. The van der Waals surface area contributed by atoms with Crippen molar-refractivity contribution in [1.29, 1.82) is 0 Å². The van der Waals surface area contributed by atoms with Crippen molar-refractivity contribution in [3.8, 4) is 0 Å². The van der Waals surface area contributed by atoms with Crippen molar-refractivity contribution < 1.29 is 14.7 Å². The summed E-state index contributed by atoms with van der Waals surface area (Å²) in [6.45, 7) is 1.83. The number of anilines is 1. The Hall–Kier alpha value is -3.20. The van der Waals surface area contributed by atoms with E-state index in [4.69, 9.17) is 16.7 Å². The van der Waals surface area contributed by atoms with Crippen LogP contribution in [-0.2, 0) is 11.3 Å². The molecule has 0 spiro atoms. The summed E-state index contributed by atoms with van der Waals surface area (Å²) in [6, 6.07) is 7.80. The molecular formula is C16H15ClN6O3. The van der Waals surface area contributed by atoms with Gasteiger partial charge in [-0.05, 0) is 24.6 Å². The van der Waals surface area contributed by atoms with Crippen LogP contribution < -0.4 is 5.32 Å². The first-order valence-corrected chi connectivity index (χ1v) is 8.04. The Bertz CT molecular complexity index is 951. The van der Waals surface area contributed by atoms with Crippen LogP contribution in [0.4, 0.5) is 5.95 Å². The molecule has 3 rings (SSSR count). The summed E-state index contributed by atoms with van der Waals surface area (Å²) < 4.78 is 2.66. The third kappa shape index (κ3) is 3.72. The number of aliphatic carboxylic acids is 1. The van der Waals surface area contributed by atoms with E-state index < -0.39 is 17.9 Å². The number of nitrogens with one attached hydrogen (secondary N) is 1. The molecule has 2 N–H and O–H groups in total. The largest absolute Gasteiger partial charge is 0.480 e. The highest BCUT2D eigenvalue weighted by Crippen LogP contribution is 2.16. The van der Waals surface area contributed by atoms with E-state index in [1.165, 1.54) is 30.2 Å². The highest BCUT2D eigenvalue weighted by molar-refractivity contribution is 6.31. The molecule has 3 aromatic rings. The molecule has 2 aromatic heterocycles. The fourth-order valence-corrected chi connectivity index (χ4v) is 2.50.